The minimum atomic E-state index is 0.312. The van der Waals surface area contributed by atoms with E-state index in [1.165, 1.54) is 24.1 Å². The monoisotopic (exact) mass is 397 g/mol. The number of hydrogen-bond acceptors (Lipinski definition) is 3. The zero-order chi connectivity index (χ0) is 20.9. The Morgan fingerprint density at radius 2 is 1.67 bits per heavy atom. The summed E-state index contributed by atoms with van der Waals surface area (Å²) in [6, 6.07) is 20.5. The first-order chi connectivity index (χ1) is 14.7. The second-order valence-electron chi connectivity index (χ2n) is 7.85. The Hall–Kier alpha value is -3.32. The van der Waals surface area contributed by atoms with Gasteiger partial charge in [-0.15, -0.1) is 0 Å². The number of nitrogens with one attached hydrogen (secondary N) is 1. The van der Waals surface area contributed by atoms with E-state index >= 15 is 0 Å². The van der Waals surface area contributed by atoms with Gasteiger partial charge in [-0.1, -0.05) is 55.3 Å². The maximum Gasteiger partial charge on any atom is 0.144 e. The highest BCUT2D eigenvalue weighted by atomic mass is 16.5. The van der Waals surface area contributed by atoms with Crippen LogP contribution in [-0.4, -0.2) is 11.7 Å². The van der Waals surface area contributed by atoms with Crippen LogP contribution in [0.2, 0.25) is 0 Å². The molecule has 0 atom stereocenters. The van der Waals surface area contributed by atoms with Gasteiger partial charge in [0.1, 0.15) is 22.9 Å². The van der Waals surface area contributed by atoms with Crippen LogP contribution in [0.3, 0.4) is 0 Å². The number of fused-ring (bicyclic) bond motifs is 1. The van der Waals surface area contributed by atoms with Crippen molar-refractivity contribution >= 4 is 0 Å². The molecule has 1 aromatic heterocycles. The Labute approximate surface area is 177 Å². The molecule has 0 amide bonds. The van der Waals surface area contributed by atoms with Gasteiger partial charge in [-0.05, 0) is 54.5 Å². The van der Waals surface area contributed by atoms with Gasteiger partial charge in [0.25, 0.3) is 0 Å². The van der Waals surface area contributed by atoms with Crippen LogP contribution in [-0.2, 0) is 19.4 Å². The van der Waals surface area contributed by atoms with E-state index < -0.39 is 0 Å². The smallest absolute Gasteiger partial charge is 0.144 e. The van der Waals surface area contributed by atoms with E-state index in [-0.39, 0.29) is 0 Å². The molecule has 2 aromatic carbocycles. The van der Waals surface area contributed by atoms with Crippen LogP contribution in [0.4, 0.5) is 0 Å². The summed E-state index contributed by atoms with van der Waals surface area (Å²) < 4.78 is 7.38. The van der Waals surface area contributed by atoms with Gasteiger partial charge in [0.2, 0.25) is 0 Å². The molecule has 152 valence electrons. The molecule has 4 heteroatoms. The third kappa shape index (κ3) is 3.89. The summed E-state index contributed by atoms with van der Waals surface area (Å²) in [6.07, 6.45) is 6.56. The van der Waals surface area contributed by atoms with Crippen molar-refractivity contribution in [3.8, 4) is 22.9 Å². The van der Waals surface area contributed by atoms with E-state index in [0.717, 1.165) is 48.1 Å². The zero-order valence-corrected chi connectivity index (χ0v) is 17.4. The van der Waals surface area contributed by atoms with Crippen LogP contribution in [0.1, 0.15) is 48.1 Å². The van der Waals surface area contributed by atoms with Crippen molar-refractivity contribution in [3.05, 3.63) is 82.5 Å². The summed E-state index contributed by atoms with van der Waals surface area (Å²) in [7, 11) is 1.65. The fourth-order valence-corrected chi connectivity index (χ4v) is 4.47. The molecule has 0 bridgehead atoms. The van der Waals surface area contributed by atoms with E-state index in [9.17, 15) is 5.26 Å². The maximum absolute atomic E-state index is 10.1. The SMILES string of the molecule is COc1ccc(-c2c3c(n(Cc4ccccc4)c(=N)c2C#N)CCCCCC3)cc1. The lowest BCUT2D eigenvalue weighted by molar-refractivity contribution is 0.415. The number of aromatic nitrogens is 1. The first kappa shape index (κ1) is 20.0. The minimum absolute atomic E-state index is 0.312. The molecule has 4 rings (SSSR count). The molecule has 0 fully saturated rings. The summed E-state index contributed by atoms with van der Waals surface area (Å²) >= 11 is 0. The second-order valence-corrected chi connectivity index (χ2v) is 7.85. The standard InChI is InChI=1S/C26H27N3O/c1-30-21-15-13-20(14-16-21)25-22-11-7-2-3-8-12-24(22)29(26(28)23(25)17-27)18-19-9-5-4-6-10-19/h4-6,9-10,13-16,28H,2-3,7-8,11-12,18H2,1H3. The van der Waals surface area contributed by atoms with E-state index in [1.807, 2.05) is 42.5 Å². The molecule has 1 N–H and O–H groups in total. The van der Waals surface area contributed by atoms with Crippen LogP contribution in [0.5, 0.6) is 5.75 Å². The first-order valence-electron chi connectivity index (χ1n) is 10.6. The number of nitrogens with zero attached hydrogens (tertiary/aromatic N) is 2. The fraction of sp³-hybridized carbons (Fsp3) is 0.308. The molecule has 0 radical (unpaired) electrons. The lowest BCUT2D eigenvalue weighted by Crippen LogP contribution is -2.30. The molecule has 0 aliphatic heterocycles. The summed E-state index contributed by atoms with van der Waals surface area (Å²) in [6.45, 7) is 0.625. The lowest BCUT2D eigenvalue weighted by Gasteiger charge is -2.25. The van der Waals surface area contributed by atoms with Crippen LogP contribution in [0, 0.1) is 16.7 Å². The van der Waals surface area contributed by atoms with Gasteiger partial charge in [0.05, 0.1) is 7.11 Å². The van der Waals surface area contributed by atoms with Gasteiger partial charge in [0, 0.05) is 17.8 Å². The molecular weight excluding hydrogens is 370 g/mol. The third-order valence-corrected chi connectivity index (χ3v) is 6.00. The summed E-state index contributed by atoms with van der Waals surface area (Å²) in [4.78, 5) is 0. The molecule has 1 heterocycles. The van der Waals surface area contributed by atoms with Crippen LogP contribution in [0.25, 0.3) is 11.1 Å². The van der Waals surface area contributed by atoms with Gasteiger partial charge in [-0.2, -0.15) is 5.26 Å². The average molecular weight is 398 g/mol. The molecule has 1 aliphatic carbocycles. The summed E-state index contributed by atoms with van der Waals surface area (Å²) in [5.41, 5.74) is 6.32. The Morgan fingerprint density at radius 1 is 0.967 bits per heavy atom. The number of methoxy groups -OCH3 is 1. The van der Waals surface area contributed by atoms with Crippen molar-refractivity contribution in [3.63, 3.8) is 0 Å². The molecule has 0 unspecified atom stereocenters. The molecular formula is C26H27N3O. The zero-order valence-electron chi connectivity index (χ0n) is 17.4. The Bertz CT molecular complexity index is 1120. The number of pyridine rings is 1. The van der Waals surface area contributed by atoms with E-state index in [2.05, 4.69) is 22.8 Å². The Balaban J connectivity index is 1.96. The third-order valence-electron chi connectivity index (χ3n) is 6.00. The molecule has 4 nitrogen and oxygen atoms in total. The van der Waals surface area contributed by atoms with Crippen LogP contribution >= 0.6 is 0 Å². The van der Waals surface area contributed by atoms with Crippen molar-refractivity contribution in [2.45, 2.75) is 45.1 Å². The predicted molar refractivity (Wildman–Crippen MR) is 118 cm³/mol. The average Bonchev–Trinajstić information content (AvgIpc) is 2.77. The quantitative estimate of drug-likeness (QED) is 0.656. The van der Waals surface area contributed by atoms with Crippen molar-refractivity contribution in [2.75, 3.05) is 7.11 Å². The number of hydrogen-bond donors (Lipinski definition) is 1. The fourth-order valence-electron chi connectivity index (χ4n) is 4.47. The highest BCUT2D eigenvalue weighted by Gasteiger charge is 2.22. The molecule has 0 saturated carbocycles. The topological polar surface area (TPSA) is 61.8 Å². The Kier molecular flexibility index (Phi) is 5.99. The molecule has 30 heavy (non-hydrogen) atoms. The van der Waals surface area contributed by atoms with E-state index in [4.69, 9.17) is 10.1 Å². The van der Waals surface area contributed by atoms with Gasteiger partial charge >= 0.3 is 0 Å². The summed E-state index contributed by atoms with van der Waals surface area (Å²) in [5.74, 6) is 0.793. The van der Waals surface area contributed by atoms with Gasteiger partial charge in [0.15, 0.2) is 0 Å². The van der Waals surface area contributed by atoms with E-state index in [0.29, 0.717) is 17.6 Å². The molecule has 3 aromatic rings. The van der Waals surface area contributed by atoms with Crippen molar-refractivity contribution in [1.82, 2.24) is 4.57 Å². The predicted octanol–water partition coefficient (Wildman–Crippen LogP) is 5.22. The van der Waals surface area contributed by atoms with Crippen molar-refractivity contribution in [2.24, 2.45) is 0 Å². The Morgan fingerprint density at radius 3 is 2.33 bits per heavy atom. The van der Waals surface area contributed by atoms with Crippen LogP contribution < -0.4 is 10.2 Å². The largest absolute Gasteiger partial charge is 0.497 e. The normalized spacial score (nSPS) is 13.6. The number of benzene rings is 2. The highest BCUT2D eigenvalue weighted by Crippen LogP contribution is 2.33. The highest BCUT2D eigenvalue weighted by molar-refractivity contribution is 5.75. The molecule has 1 aliphatic rings. The molecule has 0 saturated heterocycles. The second kappa shape index (κ2) is 9.00. The number of ether oxygens (including phenoxy) is 1. The van der Waals surface area contributed by atoms with Gasteiger partial charge in [-0.25, -0.2) is 0 Å². The first-order valence-corrected chi connectivity index (χ1v) is 10.6. The minimum Gasteiger partial charge on any atom is -0.497 e. The maximum atomic E-state index is 10.1. The number of rotatable bonds is 4. The van der Waals surface area contributed by atoms with Crippen molar-refractivity contribution in [1.29, 1.82) is 10.7 Å². The van der Waals surface area contributed by atoms with E-state index in [1.54, 1.807) is 7.11 Å². The number of nitriles is 1. The van der Waals surface area contributed by atoms with Crippen molar-refractivity contribution < 1.29 is 4.74 Å². The van der Waals surface area contributed by atoms with Gasteiger partial charge in [-0.3, -0.25) is 5.41 Å². The van der Waals surface area contributed by atoms with Gasteiger partial charge < -0.3 is 9.30 Å². The van der Waals surface area contributed by atoms with Crippen LogP contribution in [0.15, 0.2) is 54.6 Å². The molecule has 0 spiro atoms. The lowest BCUT2D eigenvalue weighted by atomic mass is 9.87. The summed E-state index contributed by atoms with van der Waals surface area (Å²) in [5, 5.41) is 19.0.